The van der Waals surface area contributed by atoms with Gasteiger partial charge in [-0.2, -0.15) is 3.71 Å². The lowest BCUT2D eigenvalue weighted by Gasteiger charge is -2.35. The van der Waals surface area contributed by atoms with Crippen LogP contribution in [0.15, 0.2) is 36.4 Å². The molecule has 2 rings (SSSR count). The number of Topliss-reactive ketones (excluding diaryl/α,β-unsaturated/α-hetero) is 1. The number of carbonyl (C=O) groups excluding carboxylic acids is 1. The highest BCUT2D eigenvalue weighted by molar-refractivity contribution is 8.10. The van der Waals surface area contributed by atoms with Crippen molar-refractivity contribution < 1.29 is 26.4 Å². The molecule has 224 valence electrons. The molecule has 0 saturated carbocycles. The van der Waals surface area contributed by atoms with Crippen LogP contribution in [0.25, 0.3) is 0 Å². The number of carbonyl (C=O) groups is 1. The van der Waals surface area contributed by atoms with Crippen molar-refractivity contribution in [1.29, 1.82) is 0 Å². The number of anilines is 1. The third kappa shape index (κ3) is 7.27. The normalized spacial score (nSPS) is 12.8. The third-order valence-corrected chi connectivity index (χ3v) is 12.1. The maximum atomic E-state index is 13.2. The van der Waals surface area contributed by atoms with Gasteiger partial charge in [-0.25, -0.2) is 16.8 Å². The molecule has 40 heavy (non-hydrogen) atoms. The molecule has 0 amide bonds. The van der Waals surface area contributed by atoms with Crippen LogP contribution < -0.4 is 8.45 Å². The molecule has 2 aromatic carbocycles. The lowest BCUT2D eigenvalue weighted by molar-refractivity contribution is -0.128. The highest BCUT2D eigenvalue weighted by atomic mass is 32.3. The topological polar surface area (TPSA) is 97.8 Å². The Morgan fingerprint density at radius 1 is 0.775 bits per heavy atom. The summed E-state index contributed by atoms with van der Waals surface area (Å²) in [6, 6.07) is 11.4. The van der Waals surface area contributed by atoms with Gasteiger partial charge in [-0.1, -0.05) is 72.7 Å². The molecule has 0 spiro atoms. The van der Waals surface area contributed by atoms with Gasteiger partial charge in [0.05, 0.1) is 17.2 Å². The van der Waals surface area contributed by atoms with Gasteiger partial charge in [-0.05, 0) is 73.9 Å². The fourth-order valence-corrected chi connectivity index (χ4v) is 9.22. The number of rotatable bonds is 14. The Hall–Kier alpha value is -2.39. The minimum absolute atomic E-state index is 0.00935. The molecule has 0 aliphatic carbocycles. The van der Waals surface area contributed by atoms with Gasteiger partial charge < -0.3 is 4.74 Å². The fourth-order valence-electron chi connectivity index (χ4n) is 5.01. The predicted molar refractivity (Wildman–Crippen MR) is 164 cm³/mol. The molecule has 0 aromatic heterocycles. The Balaban J connectivity index is 2.58. The maximum Gasteiger partial charge on any atom is 0.248 e. The summed E-state index contributed by atoms with van der Waals surface area (Å²) in [6.07, 6.45) is 2.18. The summed E-state index contributed by atoms with van der Waals surface area (Å²) in [5.74, 6) is 0.186. The van der Waals surface area contributed by atoms with Crippen LogP contribution in [-0.2, 0) is 30.3 Å². The van der Waals surface area contributed by atoms with Crippen molar-refractivity contribution in [3.63, 3.8) is 0 Å². The number of aryl methyl sites for hydroxylation is 2. The number of benzene rings is 2. The van der Waals surface area contributed by atoms with E-state index in [4.69, 9.17) is 4.74 Å². The summed E-state index contributed by atoms with van der Waals surface area (Å²) in [5, 5.41) is 0. The first kappa shape index (κ1) is 33.8. The van der Waals surface area contributed by atoms with Crippen LogP contribution in [0.4, 0.5) is 5.69 Å². The highest BCUT2D eigenvalue weighted by Gasteiger charge is 2.36. The molecule has 0 unspecified atom stereocenters. The van der Waals surface area contributed by atoms with Crippen molar-refractivity contribution in [2.75, 3.05) is 21.8 Å². The van der Waals surface area contributed by atoms with Crippen LogP contribution in [-0.4, -0.2) is 40.7 Å². The van der Waals surface area contributed by atoms with Crippen molar-refractivity contribution in [2.45, 2.75) is 93.4 Å². The summed E-state index contributed by atoms with van der Waals surface area (Å²) < 4.78 is 59.1. The van der Waals surface area contributed by atoms with Crippen LogP contribution in [0.2, 0.25) is 0 Å². The SMILES string of the molecule is CCCS(=O)(=O)N(c1ccc(C(CC)(CC)c2ccc(OCC(=O)C(C)(C)C)c(C)c2)cc1C)S(=O)(=O)CCC. The molecule has 0 aliphatic rings. The van der Waals surface area contributed by atoms with Crippen molar-refractivity contribution in [1.82, 2.24) is 0 Å². The molecular weight excluding hydrogens is 546 g/mol. The first-order chi connectivity index (χ1) is 18.5. The molecule has 7 nitrogen and oxygen atoms in total. The summed E-state index contributed by atoms with van der Waals surface area (Å²) in [5.41, 5.74) is 2.88. The van der Waals surface area contributed by atoms with Crippen LogP contribution >= 0.6 is 0 Å². The van der Waals surface area contributed by atoms with E-state index in [1.165, 1.54) is 0 Å². The zero-order chi connectivity index (χ0) is 30.5. The van der Waals surface area contributed by atoms with E-state index in [0.717, 1.165) is 29.5 Å². The Morgan fingerprint density at radius 3 is 1.65 bits per heavy atom. The quantitative estimate of drug-likeness (QED) is 0.242. The van der Waals surface area contributed by atoms with E-state index in [1.807, 2.05) is 52.0 Å². The van der Waals surface area contributed by atoms with Crippen molar-refractivity contribution in [3.8, 4) is 5.75 Å². The number of sulfonamides is 2. The predicted octanol–water partition coefficient (Wildman–Crippen LogP) is 6.69. The van der Waals surface area contributed by atoms with E-state index in [2.05, 4.69) is 19.9 Å². The maximum absolute atomic E-state index is 13.2. The van der Waals surface area contributed by atoms with Crippen LogP contribution in [0, 0.1) is 19.3 Å². The number of ketones is 1. The van der Waals surface area contributed by atoms with Gasteiger partial charge in [-0.15, -0.1) is 0 Å². The molecule has 0 radical (unpaired) electrons. The molecule has 9 heteroatoms. The second-order valence-electron chi connectivity index (χ2n) is 11.6. The largest absolute Gasteiger partial charge is 0.486 e. The van der Waals surface area contributed by atoms with Gasteiger partial charge in [0.15, 0.2) is 5.78 Å². The first-order valence-electron chi connectivity index (χ1n) is 14.1. The van der Waals surface area contributed by atoms with Gasteiger partial charge in [0.25, 0.3) is 0 Å². The van der Waals surface area contributed by atoms with E-state index in [1.54, 1.807) is 26.8 Å². The Morgan fingerprint density at radius 2 is 1.25 bits per heavy atom. The number of ether oxygens (including phenoxy) is 1. The molecule has 0 saturated heterocycles. The summed E-state index contributed by atoms with van der Waals surface area (Å²) >= 11 is 0. The van der Waals surface area contributed by atoms with E-state index in [0.29, 0.717) is 27.9 Å². The fraction of sp³-hybridized carbons (Fsp3) is 0.581. The van der Waals surface area contributed by atoms with Gasteiger partial charge in [0.1, 0.15) is 12.4 Å². The Labute approximate surface area is 242 Å². The first-order valence-corrected chi connectivity index (χ1v) is 17.4. The molecule has 0 bridgehead atoms. The summed E-state index contributed by atoms with van der Waals surface area (Å²) in [4.78, 5) is 12.4. The van der Waals surface area contributed by atoms with E-state index in [9.17, 15) is 21.6 Å². The van der Waals surface area contributed by atoms with Gasteiger partial charge >= 0.3 is 0 Å². The molecular formula is C31H47NO6S2. The van der Waals surface area contributed by atoms with Gasteiger partial charge in [0.2, 0.25) is 20.0 Å². The average molecular weight is 594 g/mol. The molecule has 0 fully saturated rings. The summed E-state index contributed by atoms with van der Waals surface area (Å²) in [6.45, 7) is 17.0. The smallest absolute Gasteiger partial charge is 0.248 e. The monoisotopic (exact) mass is 593 g/mol. The van der Waals surface area contributed by atoms with Crippen LogP contribution in [0.1, 0.15) is 96.4 Å². The molecule has 0 heterocycles. The zero-order valence-corrected chi connectivity index (χ0v) is 27.3. The van der Waals surface area contributed by atoms with Crippen LogP contribution in [0.3, 0.4) is 0 Å². The number of hydrogen-bond acceptors (Lipinski definition) is 6. The molecule has 2 aromatic rings. The van der Waals surface area contributed by atoms with Crippen molar-refractivity contribution in [3.05, 3.63) is 58.7 Å². The minimum atomic E-state index is -4.06. The second-order valence-corrected chi connectivity index (χ2v) is 15.7. The lowest BCUT2D eigenvalue weighted by atomic mass is 9.70. The average Bonchev–Trinajstić information content (AvgIpc) is 2.85. The van der Waals surface area contributed by atoms with Crippen molar-refractivity contribution in [2.24, 2.45) is 5.41 Å². The summed E-state index contributed by atoms with van der Waals surface area (Å²) in [7, 11) is -8.13. The second kappa shape index (κ2) is 13.1. The Kier molecular flexibility index (Phi) is 11.0. The minimum Gasteiger partial charge on any atom is -0.486 e. The van der Waals surface area contributed by atoms with Gasteiger partial charge in [-0.3, -0.25) is 4.79 Å². The standard InChI is InChI=1S/C31H47NO6S2/c1-10-18-39(34,35)32(40(36,37)19-11-2)27-16-14-25(20-23(27)5)31(12-3,13-4)26-15-17-28(24(6)21-26)38-22-29(33)30(7,8)9/h14-17,20-21H,10-13,18-19,22H2,1-9H3. The number of hydrogen-bond donors (Lipinski definition) is 0. The molecule has 0 atom stereocenters. The van der Waals surface area contributed by atoms with E-state index in [-0.39, 0.29) is 35.0 Å². The lowest BCUT2D eigenvalue weighted by Crippen LogP contribution is -2.40. The van der Waals surface area contributed by atoms with E-state index < -0.39 is 25.5 Å². The van der Waals surface area contributed by atoms with Gasteiger partial charge in [0, 0.05) is 10.8 Å². The van der Waals surface area contributed by atoms with Crippen LogP contribution in [0.5, 0.6) is 5.75 Å². The number of nitrogens with zero attached hydrogens (tertiary/aromatic N) is 1. The zero-order valence-electron chi connectivity index (χ0n) is 25.6. The highest BCUT2D eigenvalue weighted by Crippen LogP contribution is 2.42. The third-order valence-electron chi connectivity index (χ3n) is 7.51. The molecule has 0 aliphatic heterocycles. The van der Waals surface area contributed by atoms with E-state index >= 15 is 0 Å². The molecule has 0 N–H and O–H groups in total. The van der Waals surface area contributed by atoms with Crippen molar-refractivity contribution >= 4 is 31.5 Å². The Bertz CT molecular complexity index is 1370.